The van der Waals surface area contributed by atoms with Crippen LogP contribution in [0.15, 0.2) is 24.3 Å². The van der Waals surface area contributed by atoms with Gasteiger partial charge in [-0.25, -0.2) is 0 Å². The molecule has 0 heterocycles. The van der Waals surface area contributed by atoms with Crippen LogP contribution in [-0.4, -0.2) is 26.5 Å². The van der Waals surface area contributed by atoms with Gasteiger partial charge in [-0.2, -0.15) is 5.26 Å². The highest BCUT2D eigenvalue weighted by Gasteiger charge is 2.10. The third-order valence-corrected chi connectivity index (χ3v) is 2.80. The lowest BCUT2D eigenvalue weighted by atomic mass is 10.2. The molecule has 0 saturated heterocycles. The number of nitriles is 1. The molecule has 0 spiro atoms. The Balaban J connectivity index is 2.55. The Bertz CT molecular complexity index is 437. The standard InChI is InChI=1S/C14H19N3O/c1-16-9-4-3-8-14(18)17(2)13-7-5-6-12(10-13)11-15/h5-7,10,16H,3-4,8-9H2,1-2H3. The van der Waals surface area contributed by atoms with Crippen molar-refractivity contribution in [2.24, 2.45) is 0 Å². The normalized spacial score (nSPS) is 9.83. The van der Waals surface area contributed by atoms with E-state index in [4.69, 9.17) is 5.26 Å². The lowest BCUT2D eigenvalue weighted by molar-refractivity contribution is -0.118. The quantitative estimate of drug-likeness (QED) is 0.779. The lowest BCUT2D eigenvalue weighted by Crippen LogP contribution is -2.26. The van der Waals surface area contributed by atoms with Crippen LogP contribution in [-0.2, 0) is 4.79 Å². The molecule has 1 amide bonds. The fourth-order valence-corrected chi connectivity index (χ4v) is 1.67. The topological polar surface area (TPSA) is 56.1 Å². The summed E-state index contributed by atoms with van der Waals surface area (Å²) in [5.41, 5.74) is 1.34. The minimum absolute atomic E-state index is 0.0844. The number of unbranched alkanes of at least 4 members (excludes halogenated alkanes) is 1. The first kappa shape index (κ1) is 14.2. The largest absolute Gasteiger partial charge is 0.320 e. The molecule has 1 aromatic carbocycles. The summed E-state index contributed by atoms with van der Waals surface area (Å²) >= 11 is 0. The second-order valence-electron chi connectivity index (χ2n) is 4.18. The molecule has 0 radical (unpaired) electrons. The van der Waals surface area contributed by atoms with Crippen LogP contribution >= 0.6 is 0 Å². The van der Waals surface area contributed by atoms with Gasteiger partial charge in [0.1, 0.15) is 0 Å². The first-order valence-corrected chi connectivity index (χ1v) is 6.10. The van der Waals surface area contributed by atoms with Crippen LogP contribution in [0.2, 0.25) is 0 Å². The summed E-state index contributed by atoms with van der Waals surface area (Å²) in [6.45, 7) is 0.931. The summed E-state index contributed by atoms with van der Waals surface area (Å²) in [4.78, 5) is 13.5. The summed E-state index contributed by atoms with van der Waals surface area (Å²) in [5.74, 6) is 0.0844. The Morgan fingerprint density at radius 2 is 2.22 bits per heavy atom. The number of anilines is 1. The molecular formula is C14H19N3O. The zero-order valence-corrected chi connectivity index (χ0v) is 10.9. The number of hydrogen-bond acceptors (Lipinski definition) is 3. The molecule has 0 aliphatic rings. The first-order chi connectivity index (χ1) is 8.69. The van der Waals surface area contributed by atoms with Crippen molar-refractivity contribution in [2.75, 3.05) is 25.5 Å². The highest BCUT2D eigenvalue weighted by molar-refractivity contribution is 5.92. The predicted molar refractivity (Wildman–Crippen MR) is 72.3 cm³/mol. The monoisotopic (exact) mass is 245 g/mol. The van der Waals surface area contributed by atoms with Crippen molar-refractivity contribution < 1.29 is 4.79 Å². The Morgan fingerprint density at radius 3 is 2.89 bits per heavy atom. The zero-order chi connectivity index (χ0) is 13.4. The molecule has 0 atom stereocenters. The van der Waals surface area contributed by atoms with Gasteiger partial charge >= 0.3 is 0 Å². The maximum atomic E-state index is 11.9. The van der Waals surface area contributed by atoms with Gasteiger partial charge in [-0.1, -0.05) is 6.07 Å². The number of benzene rings is 1. The molecular weight excluding hydrogens is 226 g/mol. The zero-order valence-electron chi connectivity index (χ0n) is 10.9. The molecule has 0 aromatic heterocycles. The summed E-state index contributed by atoms with van der Waals surface area (Å²) in [6, 6.07) is 9.16. The van der Waals surface area contributed by atoms with Gasteiger partial charge in [0.05, 0.1) is 11.6 Å². The highest BCUT2D eigenvalue weighted by Crippen LogP contribution is 2.15. The average Bonchev–Trinajstić information content (AvgIpc) is 2.42. The van der Waals surface area contributed by atoms with Crippen LogP contribution in [0, 0.1) is 11.3 Å². The number of amides is 1. The number of rotatable bonds is 6. The fraction of sp³-hybridized carbons (Fsp3) is 0.429. The van der Waals surface area contributed by atoms with Gasteiger partial charge in [0, 0.05) is 19.2 Å². The van der Waals surface area contributed by atoms with Gasteiger partial charge in [-0.3, -0.25) is 4.79 Å². The summed E-state index contributed by atoms with van der Waals surface area (Å²) in [6.07, 6.45) is 2.41. The van der Waals surface area contributed by atoms with Crippen molar-refractivity contribution in [3.05, 3.63) is 29.8 Å². The maximum absolute atomic E-state index is 11.9. The highest BCUT2D eigenvalue weighted by atomic mass is 16.2. The van der Waals surface area contributed by atoms with Gasteiger partial charge < -0.3 is 10.2 Å². The number of nitrogens with one attached hydrogen (secondary N) is 1. The number of hydrogen-bond donors (Lipinski definition) is 1. The predicted octanol–water partition coefficient (Wildman–Crippen LogP) is 1.91. The molecule has 0 unspecified atom stereocenters. The molecule has 1 N–H and O–H groups in total. The summed E-state index contributed by atoms with van der Waals surface area (Å²) < 4.78 is 0. The SMILES string of the molecule is CNCCCCC(=O)N(C)c1cccc(C#N)c1. The minimum atomic E-state index is 0.0844. The van der Waals surface area contributed by atoms with Crippen molar-refractivity contribution in [1.29, 1.82) is 5.26 Å². The van der Waals surface area contributed by atoms with Crippen molar-refractivity contribution >= 4 is 11.6 Å². The third kappa shape index (κ3) is 4.19. The summed E-state index contributed by atoms with van der Waals surface area (Å²) in [5, 5.41) is 11.9. The van der Waals surface area contributed by atoms with Crippen LogP contribution < -0.4 is 10.2 Å². The van der Waals surface area contributed by atoms with Gasteiger partial charge in [0.25, 0.3) is 0 Å². The molecule has 0 saturated carbocycles. The van der Waals surface area contributed by atoms with Gasteiger partial charge in [0.15, 0.2) is 0 Å². The van der Waals surface area contributed by atoms with Gasteiger partial charge in [-0.05, 0) is 44.6 Å². The van der Waals surface area contributed by atoms with E-state index in [1.54, 1.807) is 30.1 Å². The van der Waals surface area contributed by atoms with E-state index in [9.17, 15) is 4.79 Å². The Hall–Kier alpha value is -1.86. The van der Waals surface area contributed by atoms with Crippen LogP contribution in [0.5, 0.6) is 0 Å². The third-order valence-electron chi connectivity index (χ3n) is 2.80. The molecule has 0 aliphatic carbocycles. The van der Waals surface area contributed by atoms with E-state index in [-0.39, 0.29) is 5.91 Å². The van der Waals surface area contributed by atoms with Crippen LogP contribution in [0.3, 0.4) is 0 Å². The van der Waals surface area contributed by atoms with Crippen LogP contribution in [0.1, 0.15) is 24.8 Å². The summed E-state index contributed by atoms with van der Waals surface area (Å²) in [7, 11) is 3.65. The molecule has 0 aliphatic heterocycles. The second-order valence-corrected chi connectivity index (χ2v) is 4.18. The Kier molecular flexibility index (Phi) is 5.89. The molecule has 1 rings (SSSR count). The van der Waals surface area contributed by atoms with E-state index in [2.05, 4.69) is 11.4 Å². The Labute approximate surface area is 108 Å². The van der Waals surface area contributed by atoms with Crippen LogP contribution in [0.4, 0.5) is 5.69 Å². The lowest BCUT2D eigenvalue weighted by Gasteiger charge is -2.17. The average molecular weight is 245 g/mol. The molecule has 96 valence electrons. The van der Waals surface area contributed by atoms with Crippen molar-refractivity contribution in [3.63, 3.8) is 0 Å². The molecule has 18 heavy (non-hydrogen) atoms. The Morgan fingerprint density at radius 1 is 1.44 bits per heavy atom. The fourth-order valence-electron chi connectivity index (χ4n) is 1.67. The van der Waals surface area contributed by atoms with E-state index in [1.807, 2.05) is 13.1 Å². The van der Waals surface area contributed by atoms with Crippen molar-refractivity contribution in [1.82, 2.24) is 5.32 Å². The smallest absolute Gasteiger partial charge is 0.226 e. The van der Waals surface area contributed by atoms with Gasteiger partial charge in [-0.15, -0.1) is 0 Å². The number of carbonyl (C=O) groups is 1. The maximum Gasteiger partial charge on any atom is 0.226 e. The molecule has 0 fully saturated rings. The minimum Gasteiger partial charge on any atom is -0.320 e. The first-order valence-electron chi connectivity index (χ1n) is 6.10. The molecule has 0 bridgehead atoms. The molecule has 4 heteroatoms. The molecule has 4 nitrogen and oxygen atoms in total. The number of nitrogens with zero attached hydrogens (tertiary/aromatic N) is 2. The van der Waals surface area contributed by atoms with E-state index >= 15 is 0 Å². The second kappa shape index (κ2) is 7.46. The van der Waals surface area contributed by atoms with E-state index in [0.717, 1.165) is 25.1 Å². The van der Waals surface area contributed by atoms with Crippen LogP contribution in [0.25, 0.3) is 0 Å². The molecule has 1 aromatic rings. The number of carbonyl (C=O) groups excluding carboxylic acids is 1. The van der Waals surface area contributed by atoms with Gasteiger partial charge in [0.2, 0.25) is 5.91 Å². The van der Waals surface area contributed by atoms with Crippen molar-refractivity contribution in [3.8, 4) is 6.07 Å². The van der Waals surface area contributed by atoms with Crippen molar-refractivity contribution in [2.45, 2.75) is 19.3 Å². The van der Waals surface area contributed by atoms with E-state index in [1.165, 1.54) is 0 Å². The van der Waals surface area contributed by atoms with E-state index in [0.29, 0.717) is 12.0 Å². The van der Waals surface area contributed by atoms with E-state index < -0.39 is 0 Å².